The van der Waals surface area contributed by atoms with Crippen LogP contribution in [0.25, 0.3) is 0 Å². The predicted octanol–water partition coefficient (Wildman–Crippen LogP) is 1.81. The molecule has 0 unspecified atom stereocenters. The van der Waals surface area contributed by atoms with Crippen LogP contribution in [0.3, 0.4) is 0 Å². The van der Waals surface area contributed by atoms with Crippen LogP contribution in [0.4, 0.5) is 0 Å². The lowest BCUT2D eigenvalue weighted by atomic mass is 10.2. The van der Waals surface area contributed by atoms with Crippen molar-refractivity contribution in [3.05, 3.63) is 47.1 Å². The van der Waals surface area contributed by atoms with Gasteiger partial charge in [-0.2, -0.15) is 0 Å². The van der Waals surface area contributed by atoms with Gasteiger partial charge in [-0.1, -0.05) is 6.07 Å². The number of hydrogen-bond donors (Lipinski definition) is 2. The van der Waals surface area contributed by atoms with Crippen LogP contribution in [0.1, 0.15) is 23.5 Å². The Hall–Kier alpha value is -1.77. The molecule has 0 radical (unpaired) electrons. The number of nitrogens with one attached hydrogen (secondary N) is 1. The molecule has 21 heavy (non-hydrogen) atoms. The van der Waals surface area contributed by atoms with Crippen LogP contribution in [-0.2, 0) is 21.2 Å². The van der Waals surface area contributed by atoms with E-state index in [1.54, 1.807) is 31.3 Å². The average Bonchev–Trinajstić information content (AvgIpc) is 2.88. The van der Waals surface area contributed by atoms with Crippen molar-refractivity contribution in [1.82, 2.24) is 9.71 Å². The second kappa shape index (κ2) is 6.33. The van der Waals surface area contributed by atoms with Crippen molar-refractivity contribution in [3.8, 4) is 0 Å². The van der Waals surface area contributed by atoms with Gasteiger partial charge < -0.3 is 5.11 Å². The fraction of sp³-hybridized carbons (Fsp3) is 0.231. The van der Waals surface area contributed by atoms with Crippen LogP contribution < -0.4 is 4.72 Å². The monoisotopic (exact) mass is 326 g/mol. The molecule has 112 valence electrons. The third-order valence-corrected chi connectivity index (χ3v) is 5.81. The van der Waals surface area contributed by atoms with E-state index in [1.807, 2.05) is 0 Å². The molecule has 6 nitrogen and oxygen atoms in total. The number of carboxylic acid groups (broad SMARTS) is 1. The normalized spacial score (nSPS) is 13.0. The number of pyridine rings is 1. The van der Waals surface area contributed by atoms with Crippen LogP contribution in [0.2, 0.25) is 0 Å². The van der Waals surface area contributed by atoms with E-state index < -0.39 is 22.0 Å². The molecule has 0 saturated heterocycles. The topological polar surface area (TPSA) is 96.4 Å². The summed E-state index contributed by atoms with van der Waals surface area (Å²) in [4.78, 5) is 15.2. The third-order valence-electron chi connectivity index (χ3n) is 2.69. The summed E-state index contributed by atoms with van der Waals surface area (Å²) < 4.78 is 27.1. The Morgan fingerprint density at radius 3 is 2.76 bits per heavy atom. The highest BCUT2D eigenvalue weighted by molar-refractivity contribution is 7.91. The van der Waals surface area contributed by atoms with Gasteiger partial charge >= 0.3 is 5.97 Å². The summed E-state index contributed by atoms with van der Waals surface area (Å²) in [5, 5.41) is 8.71. The molecule has 0 saturated carbocycles. The van der Waals surface area contributed by atoms with Gasteiger partial charge in [0.05, 0.1) is 18.2 Å². The van der Waals surface area contributed by atoms with Crippen molar-refractivity contribution in [1.29, 1.82) is 0 Å². The van der Waals surface area contributed by atoms with Gasteiger partial charge in [0.15, 0.2) is 0 Å². The minimum atomic E-state index is -3.69. The van der Waals surface area contributed by atoms with Gasteiger partial charge in [0.1, 0.15) is 4.21 Å². The van der Waals surface area contributed by atoms with E-state index in [9.17, 15) is 13.2 Å². The van der Waals surface area contributed by atoms with Gasteiger partial charge in [-0.15, -0.1) is 11.3 Å². The highest BCUT2D eigenvalue weighted by atomic mass is 32.2. The molecule has 2 rings (SSSR count). The van der Waals surface area contributed by atoms with E-state index in [1.165, 1.54) is 12.1 Å². The molecule has 0 aromatic carbocycles. The fourth-order valence-corrected chi connectivity index (χ4v) is 4.31. The summed E-state index contributed by atoms with van der Waals surface area (Å²) in [5.74, 6) is -0.990. The Labute approximate surface area is 126 Å². The molecule has 0 aliphatic carbocycles. The highest BCUT2D eigenvalue weighted by Gasteiger charge is 2.21. The molecular formula is C13H14N2O4S2. The molecule has 0 amide bonds. The van der Waals surface area contributed by atoms with Crippen molar-refractivity contribution >= 4 is 27.3 Å². The Balaban J connectivity index is 2.15. The molecule has 0 fully saturated rings. The largest absolute Gasteiger partial charge is 0.481 e. The maximum Gasteiger partial charge on any atom is 0.308 e. The first-order valence-electron chi connectivity index (χ1n) is 6.12. The van der Waals surface area contributed by atoms with Gasteiger partial charge in [-0.3, -0.25) is 9.78 Å². The smallest absolute Gasteiger partial charge is 0.308 e. The van der Waals surface area contributed by atoms with E-state index in [2.05, 4.69) is 9.71 Å². The van der Waals surface area contributed by atoms with Crippen molar-refractivity contribution in [2.24, 2.45) is 0 Å². The average molecular weight is 326 g/mol. The second-order valence-electron chi connectivity index (χ2n) is 4.39. The van der Waals surface area contributed by atoms with Crippen LogP contribution in [0.15, 0.2) is 40.7 Å². The minimum absolute atomic E-state index is 0.0986. The summed E-state index contributed by atoms with van der Waals surface area (Å²) in [7, 11) is -3.69. The maximum atomic E-state index is 12.2. The summed E-state index contributed by atoms with van der Waals surface area (Å²) in [6, 6.07) is 7.72. The van der Waals surface area contributed by atoms with Crippen LogP contribution in [-0.4, -0.2) is 24.5 Å². The van der Waals surface area contributed by atoms with E-state index >= 15 is 0 Å². The number of rotatable bonds is 6. The first kappa shape index (κ1) is 15.6. The summed E-state index contributed by atoms with van der Waals surface area (Å²) in [5.41, 5.74) is 0.614. The number of aromatic nitrogens is 1. The molecule has 0 bridgehead atoms. The van der Waals surface area contributed by atoms with Crippen molar-refractivity contribution in [2.45, 2.75) is 23.6 Å². The second-order valence-corrected chi connectivity index (χ2v) is 7.50. The number of carboxylic acids is 1. The number of nitrogens with zero attached hydrogens (tertiary/aromatic N) is 1. The zero-order valence-corrected chi connectivity index (χ0v) is 12.8. The molecule has 2 aromatic rings. The standard InChI is InChI=1S/C13H14N2O4S2/c1-9(11-4-2-3-7-14-11)15-21(18,19)13-6-5-10(20-13)8-12(16)17/h2-7,9,15H,8H2,1H3,(H,16,17)/t9-/m0/s1. The summed E-state index contributed by atoms with van der Waals surface area (Å²) in [6.45, 7) is 1.70. The lowest BCUT2D eigenvalue weighted by Gasteiger charge is -2.12. The van der Waals surface area contributed by atoms with Crippen molar-refractivity contribution in [3.63, 3.8) is 0 Å². The van der Waals surface area contributed by atoms with E-state index in [-0.39, 0.29) is 10.6 Å². The van der Waals surface area contributed by atoms with Crippen LogP contribution >= 0.6 is 11.3 Å². The van der Waals surface area contributed by atoms with Crippen LogP contribution in [0.5, 0.6) is 0 Å². The Bertz CT molecular complexity index is 726. The van der Waals surface area contributed by atoms with E-state index in [4.69, 9.17) is 5.11 Å². The molecule has 1 atom stereocenters. The number of hydrogen-bond acceptors (Lipinski definition) is 5. The first-order chi connectivity index (χ1) is 9.88. The fourth-order valence-electron chi connectivity index (χ4n) is 1.73. The number of sulfonamides is 1. The summed E-state index contributed by atoms with van der Waals surface area (Å²) >= 11 is 0.954. The van der Waals surface area contributed by atoms with E-state index in [0.29, 0.717) is 10.6 Å². The highest BCUT2D eigenvalue weighted by Crippen LogP contribution is 2.23. The SMILES string of the molecule is C[C@H](NS(=O)(=O)c1ccc(CC(=O)O)s1)c1ccccn1. The van der Waals surface area contributed by atoms with Crippen molar-refractivity contribution in [2.75, 3.05) is 0 Å². The zero-order chi connectivity index (χ0) is 15.5. The van der Waals surface area contributed by atoms with Crippen LogP contribution in [0, 0.1) is 0 Å². The number of aliphatic carboxylic acids is 1. The molecule has 0 aliphatic heterocycles. The Morgan fingerprint density at radius 2 is 2.14 bits per heavy atom. The van der Waals surface area contributed by atoms with Gasteiger partial charge in [0.2, 0.25) is 0 Å². The van der Waals surface area contributed by atoms with E-state index in [0.717, 1.165) is 11.3 Å². The Kier molecular flexibility index (Phi) is 4.71. The maximum absolute atomic E-state index is 12.2. The predicted molar refractivity (Wildman–Crippen MR) is 78.6 cm³/mol. The van der Waals surface area contributed by atoms with Gasteiger partial charge in [0, 0.05) is 11.1 Å². The number of thiophene rings is 1. The third kappa shape index (κ3) is 4.10. The van der Waals surface area contributed by atoms with Crippen molar-refractivity contribution < 1.29 is 18.3 Å². The zero-order valence-electron chi connectivity index (χ0n) is 11.2. The quantitative estimate of drug-likeness (QED) is 0.844. The molecule has 2 heterocycles. The lowest BCUT2D eigenvalue weighted by Crippen LogP contribution is -2.26. The molecule has 0 spiro atoms. The van der Waals surface area contributed by atoms with Gasteiger partial charge in [-0.05, 0) is 31.2 Å². The Morgan fingerprint density at radius 1 is 1.38 bits per heavy atom. The minimum Gasteiger partial charge on any atom is -0.481 e. The summed E-state index contributed by atoms with van der Waals surface area (Å²) in [6.07, 6.45) is 1.41. The van der Waals surface area contributed by atoms with Gasteiger partial charge in [0.25, 0.3) is 10.0 Å². The molecule has 2 N–H and O–H groups in total. The molecular weight excluding hydrogens is 312 g/mol. The lowest BCUT2D eigenvalue weighted by molar-refractivity contribution is -0.136. The van der Waals surface area contributed by atoms with Gasteiger partial charge in [-0.25, -0.2) is 13.1 Å². The molecule has 2 aromatic heterocycles. The molecule has 0 aliphatic rings. The molecule has 8 heteroatoms. The number of carbonyl (C=O) groups is 1. The first-order valence-corrected chi connectivity index (χ1v) is 8.42.